The zero-order valence-corrected chi connectivity index (χ0v) is 21.7. The Hall–Kier alpha value is 0.949. The maximum absolute atomic E-state index is 3.79. The summed E-state index contributed by atoms with van der Waals surface area (Å²) in [6.45, 7) is 11.8. The van der Waals surface area contributed by atoms with Crippen molar-refractivity contribution in [1.82, 2.24) is 0 Å². The van der Waals surface area contributed by atoms with Gasteiger partial charge in [0.15, 0.2) is 0 Å². The second-order valence-electron chi connectivity index (χ2n) is 8.85. The molecule has 0 aliphatic heterocycles. The normalized spacial score (nSPS) is 12.7. The van der Waals surface area contributed by atoms with Gasteiger partial charge in [-0.1, -0.05) is 0 Å². The van der Waals surface area contributed by atoms with E-state index in [0.29, 0.717) is 5.41 Å². The quantitative estimate of drug-likeness (QED) is 0.136. The van der Waals surface area contributed by atoms with Crippen molar-refractivity contribution in [2.75, 3.05) is 18.5 Å². The van der Waals surface area contributed by atoms with E-state index in [9.17, 15) is 0 Å². The summed E-state index contributed by atoms with van der Waals surface area (Å²) < 4.78 is 0. The van der Waals surface area contributed by atoms with Gasteiger partial charge in [-0.3, -0.25) is 0 Å². The van der Waals surface area contributed by atoms with Crippen molar-refractivity contribution in [3.05, 3.63) is 0 Å². The molecule has 2 heteroatoms. The second-order valence-corrected chi connectivity index (χ2v) is 17.2. The van der Waals surface area contributed by atoms with Crippen molar-refractivity contribution in [3.63, 3.8) is 0 Å². The van der Waals surface area contributed by atoms with Gasteiger partial charge in [-0.05, 0) is 0 Å². The molecule has 0 aliphatic rings. The van der Waals surface area contributed by atoms with Crippen molar-refractivity contribution in [2.24, 2.45) is 5.41 Å². The fourth-order valence-corrected chi connectivity index (χ4v) is 10.0. The number of hydrogen-bond acceptors (Lipinski definition) is 0. The van der Waals surface area contributed by atoms with E-state index in [1.165, 1.54) is 115 Å². The van der Waals surface area contributed by atoms with Gasteiger partial charge < -0.3 is 0 Å². The van der Waals surface area contributed by atoms with E-state index >= 15 is 0 Å². The van der Waals surface area contributed by atoms with Crippen molar-refractivity contribution in [2.45, 2.75) is 131 Å². The molecule has 0 unspecified atom stereocenters. The Morgan fingerprint density at radius 1 is 0.500 bits per heavy atom. The molecule has 0 heterocycles. The predicted molar refractivity (Wildman–Crippen MR) is 127 cm³/mol. The van der Waals surface area contributed by atoms with Crippen LogP contribution in [0.3, 0.4) is 0 Å². The molecule has 0 fully saturated rings. The molecule has 0 aromatic rings. The van der Waals surface area contributed by atoms with Crippen molar-refractivity contribution >= 4 is 20.6 Å². The summed E-state index contributed by atoms with van der Waals surface area (Å²) in [5.41, 5.74) is -0.122. The summed E-state index contributed by atoms with van der Waals surface area (Å²) in [5.74, 6) is 0. The monoisotopic (exact) mass is 450 g/mol. The Balaban J connectivity index is 4.89. The third kappa shape index (κ3) is 12.4. The summed E-state index contributed by atoms with van der Waals surface area (Å²) in [4.78, 5) is 0. The van der Waals surface area contributed by atoms with Crippen molar-refractivity contribution in [1.29, 1.82) is 0 Å². The van der Waals surface area contributed by atoms with E-state index in [0.717, 1.165) is 0 Å². The minimum absolute atomic E-state index is 0.669. The second kappa shape index (κ2) is 16.9. The number of hydrogen-bond donors (Lipinski definition) is 0. The molecule has 0 saturated heterocycles. The molecule has 0 atom stereocenters. The SMILES string of the molecule is CCCCC(CCCC)(CCCC)CCCP(=[Se])(CCCC)CCCC. The third-order valence-corrected chi connectivity index (χ3v) is 13.1. The summed E-state index contributed by atoms with van der Waals surface area (Å²) >= 11 is 3.79. The molecule has 0 aromatic carbocycles. The minimum atomic E-state index is -0.791. The van der Waals surface area contributed by atoms with Crippen LogP contribution in [-0.2, 0) is 0 Å². The van der Waals surface area contributed by atoms with Crippen LogP contribution in [0.4, 0.5) is 0 Å². The van der Waals surface area contributed by atoms with Crippen LogP contribution in [0.25, 0.3) is 0 Å². The van der Waals surface area contributed by atoms with Crippen LogP contribution in [0, 0.1) is 5.41 Å². The fraction of sp³-hybridized carbons (Fsp3) is 1.00. The first-order valence-electron chi connectivity index (χ1n) is 12.1. The molecule has 26 heavy (non-hydrogen) atoms. The van der Waals surface area contributed by atoms with Crippen molar-refractivity contribution < 1.29 is 0 Å². The third-order valence-electron chi connectivity index (χ3n) is 6.29. The summed E-state index contributed by atoms with van der Waals surface area (Å²) in [6, 6.07) is 0. The fourth-order valence-electron chi connectivity index (χ4n) is 4.38. The Labute approximate surface area is 175 Å². The van der Waals surface area contributed by atoms with Gasteiger partial charge in [0, 0.05) is 0 Å². The molecular weight excluding hydrogens is 398 g/mol. The molecule has 0 radical (unpaired) electrons. The summed E-state index contributed by atoms with van der Waals surface area (Å²) in [6.07, 6.45) is 26.1. The Morgan fingerprint density at radius 2 is 0.808 bits per heavy atom. The van der Waals surface area contributed by atoms with E-state index in [4.69, 9.17) is 0 Å². The zero-order chi connectivity index (χ0) is 19.7. The molecule has 0 bridgehead atoms. The van der Waals surface area contributed by atoms with Gasteiger partial charge in [-0.2, -0.15) is 0 Å². The first-order chi connectivity index (χ1) is 12.5. The van der Waals surface area contributed by atoms with E-state index < -0.39 is 5.51 Å². The van der Waals surface area contributed by atoms with Crippen LogP contribution in [0.2, 0.25) is 0 Å². The topological polar surface area (TPSA) is 0 Å². The van der Waals surface area contributed by atoms with Gasteiger partial charge in [-0.15, -0.1) is 0 Å². The van der Waals surface area contributed by atoms with Crippen LogP contribution in [0.1, 0.15) is 131 Å². The van der Waals surface area contributed by atoms with Crippen LogP contribution >= 0.6 is 5.51 Å². The molecule has 0 saturated carbocycles. The van der Waals surface area contributed by atoms with E-state index in [1.807, 2.05) is 0 Å². The van der Waals surface area contributed by atoms with E-state index in [-0.39, 0.29) is 0 Å². The first-order valence-corrected chi connectivity index (χ1v) is 16.6. The van der Waals surface area contributed by atoms with Crippen LogP contribution in [0.5, 0.6) is 0 Å². The van der Waals surface area contributed by atoms with Gasteiger partial charge >= 0.3 is 175 Å². The van der Waals surface area contributed by atoms with Gasteiger partial charge in [0.05, 0.1) is 0 Å². The first kappa shape index (κ1) is 26.9. The maximum atomic E-state index is 3.79. The molecule has 0 aromatic heterocycles. The predicted octanol–water partition coefficient (Wildman–Crippen LogP) is 9.02. The Morgan fingerprint density at radius 3 is 1.15 bits per heavy atom. The molecule has 158 valence electrons. The summed E-state index contributed by atoms with van der Waals surface area (Å²) in [7, 11) is 0. The number of rotatable bonds is 19. The molecule has 0 rings (SSSR count). The molecule has 0 aliphatic carbocycles. The van der Waals surface area contributed by atoms with Crippen LogP contribution in [0.15, 0.2) is 0 Å². The van der Waals surface area contributed by atoms with Crippen molar-refractivity contribution in [3.8, 4) is 0 Å². The zero-order valence-electron chi connectivity index (χ0n) is 19.1. The van der Waals surface area contributed by atoms with Gasteiger partial charge in [0.25, 0.3) is 0 Å². The molecule has 0 nitrogen and oxygen atoms in total. The average molecular weight is 450 g/mol. The van der Waals surface area contributed by atoms with E-state index in [2.05, 4.69) is 49.7 Å². The van der Waals surface area contributed by atoms with Gasteiger partial charge in [0.2, 0.25) is 0 Å². The number of unbranched alkanes of at least 4 members (excludes halogenated alkanes) is 5. The van der Waals surface area contributed by atoms with Gasteiger partial charge in [0.1, 0.15) is 0 Å². The molecule has 0 spiro atoms. The van der Waals surface area contributed by atoms with Gasteiger partial charge in [-0.25, -0.2) is 0 Å². The Kier molecular flexibility index (Phi) is 17.5. The average Bonchev–Trinajstić information content (AvgIpc) is 2.65. The summed E-state index contributed by atoms with van der Waals surface area (Å²) in [5, 5.41) is 0. The Bertz CT molecular complexity index is 316. The van der Waals surface area contributed by atoms with Crippen LogP contribution in [-0.4, -0.2) is 33.6 Å². The molecule has 0 N–H and O–H groups in total. The molecule has 0 amide bonds. The standard InChI is InChI=1S/C24H51PSe/c1-6-11-17-24(18-12-7-2,19-13-8-3)20-16-23-25(26,21-14-9-4)22-15-10-5/h6-23H2,1-5H3. The van der Waals surface area contributed by atoms with Crippen LogP contribution < -0.4 is 0 Å². The molecular formula is C24H51PSe. The van der Waals surface area contributed by atoms with E-state index in [1.54, 1.807) is 0 Å².